The van der Waals surface area contributed by atoms with Crippen LogP contribution >= 0.6 is 175 Å². The maximum atomic E-state index is 12.2. The lowest BCUT2D eigenvalue weighted by atomic mass is 9.88. The smallest absolute Gasteiger partial charge is 0.237 e. The van der Waals surface area contributed by atoms with Gasteiger partial charge in [0.1, 0.15) is 0 Å². The van der Waals surface area contributed by atoms with Gasteiger partial charge in [-0.05, 0) is 155 Å². The summed E-state index contributed by atoms with van der Waals surface area (Å²) in [5.41, 5.74) is 4.67. The first kappa shape index (κ1) is 123. The van der Waals surface area contributed by atoms with Gasteiger partial charge >= 0.3 is 0 Å². The maximum Gasteiger partial charge on any atom is 0.237 e. The molecule has 0 unspecified atom stereocenters. The molecule has 0 heterocycles. The Morgan fingerprint density at radius 1 is 0.344 bits per heavy atom. The molecule has 31 heteroatoms. The highest BCUT2D eigenvalue weighted by molar-refractivity contribution is 9.11. The van der Waals surface area contributed by atoms with E-state index in [1.165, 1.54) is 147 Å². The minimum atomic E-state index is -0.0538. The summed E-state index contributed by atoms with van der Waals surface area (Å²) in [5.74, 6) is 0.951. The highest BCUT2D eigenvalue weighted by atomic mass is 79.9. The monoisotopic (exact) mass is 2400 g/mol. The number of rotatable bonds is 38. The zero-order chi connectivity index (χ0) is 91.8. The zero-order valence-electron chi connectivity index (χ0n) is 73.7. The third-order valence-electron chi connectivity index (χ3n) is 19.0. The van der Waals surface area contributed by atoms with Crippen LogP contribution in [0.2, 0.25) is 0 Å². The molecule has 0 atom stereocenters. The standard InChI is InChI=1S/C14H24BrNO.C12H24BrNO.C10H12BrNO.C10H20BrNO.C9H10BrNO.C8H7Br2NO.C8H14BrNO.C8H8BrNO.2C6H12BrNO/c15-11-14(17)16(12-7-3-1-4-8-12)13-9-5-2-6-10-13;1-2-3-4-5-6-7-8-9-10-14-12(15)11-13;1-2-8-3-5-9(6-4-8)12-10(13)7-11;1-3-5-7-12(8-6-4-2)10(13)9-11;1-11(9(12)7-10)8-5-3-2-4-6-8;9-5-8(12)11-7-4-2-1-3-6(7)10;2*9-6-8(11)10-7-4-2-1-3-5-7;1-3-8(4-2)6(9)5-7;1-2-3-4-8-6(9)5-7/h12-13H,1-11H2;2-11H2,1H3,(H,14,15);3-6H,2,7H2,1H3,(H,12,13);3-9H2,1-2H3;2-6H,7H2,1H3;1-4H,5H2,(H,11,12);7H,1-6H2,(H,10,11);1-5H,6H2,(H,10,11);3-5H2,1-2H3;2-5H2,1H3,(H,8,9). The molecular weight excluding hydrogens is 2270 g/mol. The van der Waals surface area contributed by atoms with Gasteiger partial charge in [-0.1, -0.05) is 377 Å². The fraction of sp³-hybridized carbons (Fsp3) is 0.626. The summed E-state index contributed by atoms with van der Waals surface area (Å²) in [5, 5.41) is 20.8. The summed E-state index contributed by atoms with van der Waals surface area (Å²) in [4.78, 5) is 118. The second-order valence-corrected chi connectivity index (χ2v) is 35.1. The molecule has 3 aliphatic rings. The number of aryl methyl sites for hydroxylation is 1. The van der Waals surface area contributed by atoms with Crippen molar-refractivity contribution in [1.82, 2.24) is 30.7 Å². The van der Waals surface area contributed by atoms with Gasteiger partial charge < -0.3 is 51.5 Å². The predicted molar refractivity (Wildman–Crippen MR) is 554 cm³/mol. The number of hydrogen-bond donors (Lipinski definition) is 6. The van der Waals surface area contributed by atoms with Gasteiger partial charge in [0.15, 0.2) is 0 Å². The second kappa shape index (κ2) is 87.2. The maximum absolute atomic E-state index is 12.2. The van der Waals surface area contributed by atoms with Crippen molar-refractivity contribution < 1.29 is 47.9 Å². The van der Waals surface area contributed by atoms with Crippen molar-refractivity contribution in [2.75, 3.05) is 120 Å². The third kappa shape index (κ3) is 68.0. The number of anilines is 4. The fourth-order valence-electron chi connectivity index (χ4n) is 12.2. The van der Waals surface area contributed by atoms with Crippen molar-refractivity contribution in [3.8, 4) is 0 Å². The van der Waals surface area contributed by atoms with E-state index in [4.69, 9.17) is 0 Å². The molecule has 694 valence electrons. The third-order valence-corrected chi connectivity index (χ3v) is 24.7. The van der Waals surface area contributed by atoms with Crippen molar-refractivity contribution in [3.05, 3.63) is 119 Å². The van der Waals surface area contributed by atoms with Gasteiger partial charge in [0.25, 0.3) is 0 Å². The number of halogens is 11. The van der Waals surface area contributed by atoms with Crippen molar-refractivity contribution in [2.45, 2.75) is 259 Å². The average Bonchev–Trinajstić information content (AvgIpc) is 0.833. The highest BCUT2D eigenvalue weighted by Crippen LogP contribution is 2.31. The lowest BCUT2D eigenvalue weighted by Gasteiger charge is -2.41. The lowest BCUT2D eigenvalue weighted by molar-refractivity contribution is -0.135. The van der Waals surface area contributed by atoms with Crippen LogP contribution in [-0.4, -0.2) is 192 Å². The molecule has 20 nitrogen and oxygen atoms in total. The first-order valence-electron chi connectivity index (χ1n) is 43.3. The van der Waals surface area contributed by atoms with Crippen LogP contribution in [0, 0.1) is 0 Å². The number of unbranched alkanes of at least 4 members (excludes halogenated alkanes) is 10. The summed E-state index contributed by atoms with van der Waals surface area (Å²) in [6.45, 7) is 19.8. The average molecular weight is 2420 g/mol. The van der Waals surface area contributed by atoms with Crippen LogP contribution in [-0.2, 0) is 54.4 Å². The first-order chi connectivity index (χ1) is 58.9. The number of benzene rings is 4. The van der Waals surface area contributed by atoms with E-state index in [2.05, 4.69) is 247 Å². The Hall–Kier alpha value is -3.14. The molecule has 7 rings (SSSR count). The first-order valence-corrected chi connectivity index (χ1v) is 55.3. The predicted octanol–water partition coefficient (Wildman–Crippen LogP) is 24.1. The van der Waals surface area contributed by atoms with Crippen molar-refractivity contribution in [3.63, 3.8) is 0 Å². The minimum absolute atomic E-state index is 0.0238. The Labute approximate surface area is 826 Å². The summed E-state index contributed by atoms with van der Waals surface area (Å²) >= 11 is 34.6. The van der Waals surface area contributed by atoms with E-state index >= 15 is 0 Å². The van der Waals surface area contributed by atoms with E-state index in [1.807, 2.05) is 128 Å². The number of carbonyl (C=O) groups excluding carboxylic acids is 10. The van der Waals surface area contributed by atoms with Gasteiger partial charge in [-0.3, -0.25) is 47.9 Å². The van der Waals surface area contributed by atoms with Crippen molar-refractivity contribution in [2.24, 2.45) is 0 Å². The molecular formula is C91H143Br11N10O10. The summed E-state index contributed by atoms with van der Waals surface area (Å²) in [6.07, 6.45) is 37.3. The largest absolute Gasteiger partial charge is 0.355 e. The molecule has 3 saturated carbocycles. The van der Waals surface area contributed by atoms with Crippen molar-refractivity contribution in [1.29, 1.82) is 0 Å². The van der Waals surface area contributed by atoms with Gasteiger partial charge in [-0.15, -0.1) is 0 Å². The van der Waals surface area contributed by atoms with Crippen LogP contribution in [0.4, 0.5) is 22.7 Å². The molecule has 4 aromatic carbocycles. The molecule has 122 heavy (non-hydrogen) atoms. The van der Waals surface area contributed by atoms with Crippen LogP contribution < -0.4 is 36.8 Å². The van der Waals surface area contributed by atoms with Gasteiger partial charge in [0.05, 0.1) is 59.0 Å². The SMILES string of the molecule is CCCCCCCCCCNC(=O)CBr.CCCCN(CCCC)C(=O)CBr.CCCCNC(=O)CBr.CCN(CC)C(=O)CBr.CCc1ccc(NC(=O)CBr)cc1.CN(C(=O)CBr)c1ccccc1.O=C(CBr)N(C1CCCCC1)C1CCCCC1.O=C(CBr)NC1CCCCC1.O=C(CBr)Nc1ccccc1.O=C(CBr)Nc1ccccc1Br. The molecule has 3 fully saturated rings. The van der Waals surface area contributed by atoms with E-state index in [1.54, 1.807) is 16.8 Å². The van der Waals surface area contributed by atoms with Crippen LogP contribution in [0.3, 0.4) is 0 Å². The number of alkyl halides is 10. The van der Waals surface area contributed by atoms with E-state index in [9.17, 15) is 47.9 Å². The van der Waals surface area contributed by atoms with Gasteiger partial charge in [-0.25, -0.2) is 0 Å². The highest BCUT2D eigenvalue weighted by Gasteiger charge is 2.32. The molecule has 0 aliphatic heterocycles. The quantitative estimate of drug-likeness (QED) is 0.0183. The zero-order valence-corrected chi connectivity index (χ0v) is 91.1. The van der Waals surface area contributed by atoms with Crippen LogP contribution in [0.25, 0.3) is 0 Å². The normalized spacial score (nSPS) is 12.5. The summed E-state index contributed by atoms with van der Waals surface area (Å²) in [7, 11) is 1.76. The van der Waals surface area contributed by atoms with E-state index < -0.39 is 0 Å². The molecule has 0 bridgehead atoms. The number of nitrogens with zero attached hydrogens (tertiary/aromatic N) is 4. The molecule has 0 radical (unpaired) electrons. The molecule has 10 amide bonds. The van der Waals surface area contributed by atoms with Crippen LogP contribution in [0.1, 0.15) is 240 Å². The number of hydrogen-bond acceptors (Lipinski definition) is 10. The lowest BCUT2D eigenvalue weighted by Crippen LogP contribution is -2.49. The Bertz CT molecular complexity index is 3270. The van der Waals surface area contributed by atoms with E-state index in [-0.39, 0.29) is 53.2 Å². The summed E-state index contributed by atoms with van der Waals surface area (Å²) < 4.78 is 0.888. The second-order valence-electron chi connectivity index (χ2n) is 28.6. The topological polar surface area (TPSA) is 256 Å². The Morgan fingerprint density at radius 2 is 0.713 bits per heavy atom. The fourth-order valence-corrected chi connectivity index (χ4v) is 14.9. The van der Waals surface area contributed by atoms with Crippen LogP contribution in [0.15, 0.2) is 114 Å². The number of nitrogens with one attached hydrogen (secondary N) is 6. The summed E-state index contributed by atoms with van der Waals surface area (Å²) in [6, 6.07) is 35.8. The molecule has 0 saturated heterocycles. The number of para-hydroxylation sites is 3. The number of carbonyl (C=O) groups is 10. The van der Waals surface area contributed by atoms with E-state index in [0.717, 1.165) is 118 Å². The molecule has 0 spiro atoms. The Kier molecular flexibility index (Phi) is 87.9. The molecule has 0 aromatic heterocycles. The van der Waals surface area contributed by atoms with Crippen LogP contribution in [0.5, 0.6) is 0 Å². The van der Waals surface area contributed by atoms with Gasteiger partial charge in [0.2, 0.25) is 59.1 Å². The number of amides is 10. The minimum Gasteiger partial charge on any atom is -0.355 e. The molecule has 3 aliphatic carbocycles. The molecule has 6 N–H and O–H groups in total. The van der Waals surface area contributed by atoms with Gasteiger partial charge in [-0.2, -0.15) is 0 Å². The Morgan fingerprint density at radius 3 is 1.11 bits per heavy atom. The Balaban J connectivity index is -0.00000130. The van der Waals surface area contributed by atoms with Gasteiger partial charge in [0, 0.05) is 86.0 Å². The van der Waals surface area contributed by atoms with Crippen molar-refractivity contribution >= 4 is 257 Å². The van der Waals surface area contributed by atoms with E-state index in [0.29, 0.717) is 77.3 Å². The molecule has 4 aromatic rings.